The lowest BCUT2D eigenvalue weighted by Crippen LogP contribution is -2.55. The predicted octanol–water partition coefficient (Wildman–Crippen LogP) is 4.54. The third-order valence-corrected chi connectivity index (χ3v) is 9.37. The maximum absolute atomic E-state index is 12.5. The largest absolute Gasteiger partial charge is 0.302 e. The Morgan fingerprint density at radius 1 is 1.15 bits per heavy atom. The van der Waals surface area contributed by atoms with Crippen LogP contribution in [0.25, 0.3) is 0 Å². The normalized spacial score (nSPS) is 50.3. The second-order valence-electron chi connectivity index (χ2n) is 10.1. The Morgan fingerprint density at radius 2 is 1.85 bits per heavy atom. The van der Waals surface area contributed by atoms with E-state index in [0.717, 1.165) is 44.8 Å². The van der Waals surface area contributed by atoms with Crippen LogP contribution in [0, 0.1) is 39.9 Å². The second kappa shape index (κ2) is 5.62. The lowest BCUT2D eigenvalue weighted by atomic mass is 9.43. The molecule has 0 radical (unpaired) electrons. The zero-order valence-corrected chi connectivity index (χ0v) is 16.6. The number of carbonyl (C=O) groups excluding carboxylic acids is 3. The smallest absolute Gasteiger partial charge is 0.155 e. The Labute approximate surface area is 157 Å². The first-order chi connectivity index (χ1) is 12.2. The van der Waals surface area contributed by atoms with E-state index in [2.05, 4.69) is 20.8 Å². The van der Waals surface area contributed by atoms with Gasteiger partial charge in [0.25, 0.3) is 0 Å². The molecule has 7 atom stereocenters. The minimum absolute atomic E-state index is 0.0647. The molecule has 0 aromatic carbocycles. The number of ketones is 2. The van der Waals surface area contributed by atoms with E-state index in [1.54, 1.807) is 6.92 Å². The highest BCUT2D eigenvalue weighted by molar-refractivity contribution is 5.98. The van der Waals surface area contributed by atoms with Gasteiger partial charge in [0.05, 0.1) is 5.41 Å². The van der Waals surface area contributed by atoms with Crippen LogP contribution in [0.2, 0.25) is 0 Å². The summed E-state index contributed by atoms with van der Waals surface area (Å²) in [4.78, 5) is 36.7. The number of fused-ring (bicyclic) bond motifs is 5. The van der Waals surface area contributed by atoms with Crippen LogP contribution >= 0.6 is 0 Å². The molecular formula is C23H32O3. The van der Waals surface area contributed by atoms with Crippen LogP contribution in [0.3, 0.4) is 0 Å². The van der Waals surface area contributed by atoms with Gasteiger partial charge in [0, 0.05) is 6.42 Å². The summed E-state index contributed by atoms with van der Waals surface area (Å²) in [7, 11) is 0. The van der Waals surface area contributed by atoms with E-state index in [1.807, 2.05) is 6.08 Å². The van der Waals surface area contributed by atoms with E-state index in [-0.39, 0.29) is 16.6 Å². The van der Waals surface area contributed by atoms with Gasteiger partial charge >= 0.3 is 0 Å². The van der Waals surface area contributed by atoms with Crippen molar-refractivity contribution >= 4 is 17.9 Å². The molecule has 0 bridgehead atoms. The number of hydrogen-bond donors (Lipinski definition) is 0. The minimum Gasteiger partial charge on any atom is -0.302 e. The fourth-order valence-electron chi connectivity index (χ4n) is 7.91. The first kappa shape index (κ1) is 18.1. The molecule has 0 amide bonds. The molecule has 0 aliphatic heterocycles. The topological polar surface area (TPSA) is 51.2 Å². The summed E-state index contributed by atoms with van der Waals surface area (Å²) >= 11 is 0. The molecule has 4 aliphatic carbocycles. The molecule has 0 heterocycles. The van der Waals surface area contributed by atoms with Crippen LogP contribution in [0.1, 0.15) is 72.6 Å². The van der Waals surface area contributed by atoms with Gasteiger partial charge in [-0.25, -0.2) is 0 Å². The first-order valence-corrected chi connectivity index (χ1v) is 10.4. The lowest BCUT2D eigenvalue weighted by Gasteiger charge is -2.60. The molecule has 3 saturated carbocycles. The van der Waals surface area contributed by atoms with Crippen LogP contribution in [0.4, 0.5) is 0 Å². The van der Waals surface area contributed by atoms with Crippen molar-refractivity contribution in [2.75, 3.05) is 0 Å². The third-order valence-electron chi connectivity index (χ3n) is 9.37. The Kier molecular flexibility index (Phi) is 3.92. The molecule has 3 nitrogen and oxygen atoms in total. The standard InChI is InChI=1S/C23H32O3/c1-14-11-17-18(21(3)8-5-16(26)12-20(14)21)6-9-22(4)19(17)7-10-23(22,13-24)15(2)25/h12-14,17-19H,5-11H2,1-4H3/t14-,17+,18-,19-,21+,22-,23-/m0/s1. The average Bonchev–Trinajstić information content (AvgIpc) is 2.90. The van der Waals surface area contributed by atoms with E-state index in [9.17, 15) is 14.4 Å². The second-order valence-corrected chi connectivity index (χ2v) is 10.1. The number of rotatable bonds is 2. The maximum Gasteiger partial charge on any atom is 0.155 e. The summed E-state index contributed by atoms with van der Waals surface area (Å²) in [5.74, 6) is 2.40. The molecule has 0 unspecified atom stereocenters. The summed E-state index contributed by atoms with van der Waals surface area (Å²) in [6.45, 7) is 8.50. The maximum atomic E-state index is 12.5. The monoisotopic (exact) mass is 356 g/mol. The van der Waals surface area contributed by atoms with Gasteiger partial charge in [-0.1, -0.05) is 26.3 Å². The van der Waals surface area contributed by atoms with Gasteiger partial charge in [-0.05, 0) is 86.0 Å². The van der Waals surface area contributed by atoms with Crippen molar-refractivity contribution in [1.82, 2.24) is 0 Å². The summed E-state index contributed by atoms with van der Waals surface area (Å²) < 4.78 is 0. The Balaban J connectivity index is 1.75. The molecule has 3 fully saturated rings. The Bertz CT molecular complexity index is 706. The molecule has 0 spiro atoms. The number of allylic oxidation sites excluding steroid dienone is 1. The van der Waals surface area contributed by atoms with Crippen molar-refractivity contribution < 1.29 is 14.4 Å². The van der Waals surface area contributed by atoms with Crippen molar-refractivity contribution in [2.45, 2.75) is 72.6 Å². The van der Waals surface area contributed by atoms with Gasteiger partial charge in [0.15, 0.2) is 5.78 Å². The van der Waals surface area contributed by atoms with Crippen molar-refractivity contribution in [2.24, 2.45) is 39.9 Å². The fraction of sp³-hybridized carbons (Fsp3) is 0.783. The molecule has 26 heavy (non-hydrogen) atoms. The third kappa shape index (κ3) is 2.03. The van der Waals surface area contributed by atoms with Crippen molar-refractivity contribution in [3.63, 3.8) is 0 Å². The average molecular weight is 357 g/mol. The first-order valence-electron chi connectivity index (χ1n) is 10.4. The fourth-order valence-corrected chi connectivity index (χ4v) is 7.91. The Morgan fingerprint density at radius 3 is 2.50 bits per heavy atom. The van der Waals surface area contributed by atoms with E-state index in [4.69, 9.17) is 0 Å². The van der Waals surface area contributed by atoms with E-state index in [1.165, 1.54) is 5.57 Å². The van der Waals surface area contributed by atoms with Crippen molar-refractivity contribution in [1.29, 1.82) is 0 Å². The minimum atomic E-state index is -0.772. The highest BCUT2D eigenvalue weighted by Gasteiger charge is 2.66. The molecular weight excluding hydrogens is 324 g/mol. The van der Waals surface area contributed by atoms with Gasteiger partial charge in [-0.2, -0.15) is 0 Å². The molecule has 4 rings (SSSR count). The van der Waals surface area contributed by atoms with Crippen LogP contribution in [-0.4, -0.2) is 17.9 Å². The zero-order valence-electron chi connectivity index (χ0n) is 16.6. The predicted molar refractivity (Wildman–Crippen MR) is 100 cm³/mol. The molecule has 142 valence electrons. The van der Waals surface area contributed by atoms with Gasteiger partial charge in [-0.3, -0.25) is 9.59 Å². The SMILES string of the molecule is CC(=O)[C@@]1(C=O)CC[C@H]2[C@@H]3C[C@H](C)C4=CC(=O)CC[C@]4(C)[C@H]3CC[C@@]21C. The van der Waals surface area contributed by atoms with Crippen LogP contribution in [-0.2, 0) is 14.4 Å². The van der Waals surface area contributed by atoms with Crippen LogP contribution < -0.4 is 0 Å². The number of hydrogen-bond acceptors (Lipinski definition) is 3. The van der Waals surface area contributed by atoms with Gasteiger partial charge < -0.3 is 4.79 Å². The lowest BCUT2D eigenvalue weighted by molar-refractivity contribution is -0.148. The molecule has 0 saturated heterocycles. The van der Waals surface area contributed by atoms with E-state index < -0.39 is 5.41 Å². The number of Topliss-reactive ketones (excluding diaryl/α,β-unsaturated/α-hetero) is 1. The highest BCUT2D eigenvalue weighted by atomic mass is 16.1. The molecule has 4 aliphatic rings. The highest BCUT2D eigenvalue weighted by Crippen LogP contribution is 2.70. The van der Waals surface area contributed by atoms with Crippen molar-refractivity contribution in [3.05, 3.63) is 11.6 Å². The van der Waals surface area contributed by atoms with Gasteiger partial charge in [0.1, 0.15) is 12.1 Å². The molecule has 0 aromatic rings. The molecule has 0 aromatic heterocycles. The summed E-state index contributed by atoms with van der Waals surface area (Å²) in [6, 6.07) is 0. The summed E-state index contributed by atoms with van der Waals surface area (Å²) in [5.41, 5.74) is 0.541. The molecule has 0 N–H and O–H groups in total. The quantitative estimate of drug-likeness (QED) is 0.539. The number of aldehydes is 1. The Hall–Kier alpha value is -1.25. The van der Waals surface area contributed by atoms with Crippen LogP contribution in [0.5, 0.6) is 0 Å². The molecule has 3 heteroatoms. The summed E-state index contributed by atoms with van der Waals surface area (Å²) in [6.07, 6.45) is 9.46. The van der Waals surface area contributed by atoms with E-state index in [0.29, 0.717) is 35.9 Å². The van der Waals surface area contributed by atoms with Gasteiger partial charge in [0.2, 0.25) is 0 Å². The van der Waals surface area contributed by atoms with E-state index >= 15 is 0 Å². The van der Waals surface area contributed by atoms with Gasteiger partial charge in [-0.15, -0.1) is 0 Å². The zero-order chi connectivity index (χ0) is 18.9. The number of carbonyl (C=O) groups is 3. The van der Waals surface area contributed by atoms with Crippen LogP contribution in [0.15, 0.2) is 11.6 Å². The summed E-state index contributed by atoms with van der Waals surface area (Å²) in [5, 5.41) is 0. The van der Waals surface area contributed by atoms with Crippen molar-refractivity contribution in [3.8, 4) is 0 Å².